The van der Waals surface area contributed by atoms with Gasteiger partial charge in [-0.25, -0.2) is 4.57 Å². The normalized spacial score (nSPS) is 29.6. The first-order valence-electron chi connectivity index (χ1n) is 7.73. The van der Waals surface area contributed by atoms with E-state index in [0.29, 0.717) is 13.0 Å². The monoisotopic (exact) mass is 366 g/mol. The highest BCUT2D eigenvalue weighted by molar-refractivity contribution is 7.48. The lowest BCUT2D eigenvalue weighted by molar-refractivity contribution is 0.0634. The fourth-order valence-corrected chi connectivity index (χ4v) is 4.53. The second-order valence-corrected chi connectivity index (χ2v) is 7.70. The van der Waals surface area contributed by atoms with Gasteiger partial charge >= 0.3 is 16.4 Å². The van der Waals surface area contributed by atoms with E-state index >= 15 is 0 Å². The van der Waals surface area contributed by atoms with Gasteiger partial charge < -0.3 is 13.6 Å². The van der Waals surface area contributed by atoms with Gasteiger partial charge in [0, 0.05) is 6.42 Å². The van der Waals surface area contributed by atoms with Crippen LogP contribution >= 0.6 is 16.4 Å². The maximum absolute atomic E-state index is 12.3. The zero-order valence-electron chi connectivity index (χ0n) is 13.6. The van der Waals surface area contributed by atoms with Crippen LogP contribution in [0.5, 0.6) is 0 Å². The third kappa shape index (κ3) is 6.37. The number of hydrogen-bond acceptors (Lipinski definition) is 7. The molecule has 2 heterocycles. The lowest BCUT2D eigenvalue weighted by atomic mass is 10.1. The number of rotatable bonds is 8. The molecule has 1 fully saturated rings. The third-order valence-corrected chi connectivity index (χ3v) is 5.99. The molecule has 1 saturated heterocycles. The summed E-state index contributed by atoms with van der Waals surface area (Å²) in [6, 6.07) is 0. The quantitative estimate of drug-likeness (QED) is 0.473. The molecule has 2 bridgehead atoms. The van der Waals surface area contributed by atoms with Crippen molar-refractivity contribution in [2.75, 3.05) is 19.8 Å². The highest BCUT2D eigenvalue weighted by Gasteiger charge is 2.31. The minimum atomic E-state index is -3.52. The Morgan fingerprint density at radius 1 is 1.35 bits per heavy atom. The molecular weight excluding hydrogens is 342 g/mol. The van der Waals surface area contributed by atoms with Crippen molar-refractivity contribution in [3.8, 4) is 0 Å². The van der Waals surface area contributed by atoms with Crippen molar-refractivity contribution in [1.29, 1.82) is 0 Å². The number of hydrogen-bond donors (Lipinski definition) is 0. The Morgan fingerprint density at radius 3 is 2.78 bits per heavy atom. The molecule has 9 heteroatoms. The lowest BCUT2D eigenvalue weighted by Gasteiger charge is -2.29. The summed E-state index contributed by atoms with van der Waals surface area (Å²) >= 11 is 0. The molecule has 0 N–H and O–H groups in total. The van der Waals surface area contributed by atoms with Gasteiger partial charge in [-0.15, -0.1) is 0 Å². The molecular formula is C14H24O7P2. The summed E-state index contributed by atoms with van der Waals surface area (Å²) in [5.41, 5.74) is 0. The fourth-order valence-electron chi connectivity index (χ4n) is 2.09. The maximum Gasteiger partial charge on any atom is 0.475 e. The summed E-state index contributed by atoms with van der Waals surface area (Å²) in [6.45, 7) is 6.27. The van der Waals surface area contributed by atoms with E-state index < -0.39 is 22.5 Å². The Labute approximate surface area is 138 Å². The molecule has 3 unspecified atom stereocenters. The third-order valence-electron chi connectivity index (χ3n) is 3.00. The van der Waals surface area contributed by atoms with Crippen LogP contribution in [0.15, 0.2) is 24.3 Å². The average Bonchev–Trinajstić information content (AvgIpc) is 2.66. The highest BCUT2D eigenvalue weighted by atomic mass is 31.2. The molecule has 0 aromatic rings. The first kappa shape index (κ1) is 19.2. The molecule has 0 saturated carbocycles. The number of fused-ring (bicyclic) bond motifs is 2. The van der Waals surface area contributed by atoms with E-state index in [9.17, 15) is 4.57 Å². The van der Waals surface area contributed by atoms with Gasteiger partial charge in [0.2, 0.25) is 0 Å². The van der Waals surface area contributed by atoms with Gasteiger partial charge in [0.05, 0.1) is 38.1 Å². The SMILES string of the molecule is CCOP(=O)(OCC)OC(C)/C=C/C1C[C@@H]2C=CCOP(O1)O2. The van der Waals surface area contributed by atoms with Crippen molar-refractivity contribution in [3.63, 3.8) is 0 Å². The average molecular weight is 366 g/mol. The van der Waals surface area contributed by atoms with Gasteiger partial charge in [0.25, 0.3) is 0 Å². The van der Waals surface area contributed by atoms with Gasteiger partial charge in [0.15, 0.2) is 0 Å². The molecule has 0 amide bonds. The van der Waals surface area contributed by atoms with Gasteiger partial charge in [-0.05, 0) is 20.8 Å². The number of phosphoric acid groups is 1. The summed E-state index contributed by atoms with van der Waals surface area (Å²) in [7, 11) is -4.84. The molecule has 23 heavy (non-hydrogen) atoms. The minimum Gasteiger partial charge on any atom is -0.308 e. The Bertz CT molecular complexity index is 458. The highest BCUT2D eigenvalue weighted by Crippen LogP contribution is 2.51. The van der Waals surface area contributed by atoms with Gasteiger partial charge in [-0.1, -0.05) is 24.3 Å². The Morgan fingerprint density at radius 2 is 2.09 bits per heavy atom. The predicted molar refractivity (Wildman–Crippen MR) is 86.9 cm³/mol. The van der Waals surface area contributed by atoms with Crippen molar-refractivity contribution in [2.24, 2.45) is 0 Å². The van der Waals surface area contributed by atoms with Crippen LogP contribution in [-0.2, 0) is 31.7 Å². The van der Waals surface area contributed by atoms with Crippen LogP contribution in [0, 0.1) is 0 Å². The summed E-state index contributed by atoms with van der Waals surface area (Å²) < 4.78 is 44.7. The minimum absolute atomic E-state index is 0.00110. The van der Waals surface area contributed by atoms with Crippen molar-refractivity contribution < 1.29 is 31.7 Å². The number of phosphoric ester groups is 1. The second kappa shape index (κ2) is 9.40. The van der Waals surface area contributed by atoms with Crippen LogP contribution in [0.2, 0.25) is 0 Å². The van der Waals surface area contributed by atoms with Crippen LogP contribution in [0.25, 0.3) is 0 Å². The topological polar surface area (TPSA) is 72.5 Å². The van der Waals surface area contributed by atoms with Gasteiger partial charge in [-0.3, -0.25) is 13.6 Å². The van der Waals surface area contributed by atoms with E-state index in [2.05, 4.69) is 0 Å². The molecule has 2 rings (SSSR count). The van der Waals surface area contributed by atoms with E-state index in [1.165, 1.54) is 0 Å². The summed E-state index contributed by atoms with van der Waals surface area (Å²) in [6.07, 6.45) is 7.73. The van der Waals surface area contributed by atoms with Crippen LogP contribution in [-0.4, -0.2) is 38.1 Å². The fraction of sp³-hybridized carbons (Fsp3) is 0.714. The van der Waals surface area contributed by atoms with E-state index in [1.54, 1.807) is 26.8 Å². The Hall–Kier alpha value is -0.100. The zero-order valence-corrected chi connectivity index (χ0v) is 15.4. The van der Waals surface area contributed by atoms with Crippen LogP contribution in [0.4, 0.5) is 0 Å². The standard InChI is InChI=1S/C14H24O7P2/c1-4-17-23(15,18-5-2)21-12(3)8-9-14-11-13-7-6-10-16-22(19-13)20-14/h6-9,12-14H,4-5,10-11H2,1-3H3/b9-8+/t12?,13-,14?,22?/m0/s1. The molecule has 0 aliphatic carbocycles. The van der Waals surface area contributed by atoms with E-state index in [-0.39, 0.29) is 25.4 Å². The predicted octanol–water partition coefficient (Wildman–Crippen LogP) is 4.12. The van der Waals surface area contributed by atoms with E-state index in [0.717, 1.165) is 0 Å². The molecule has 132 valence electrons. The molecule has 7 nitrogen and oxygen atoms in total. The lowest BCUT2D eigenvalue weighted by Crippen LogP contribution is -2.24. The molecule has 0 aromatic heterocycles. The summed E-state index contributed by atoms with van der Waals surface area (Å²) in [5, 5.41) is 0. The van der Waals surface area contributed by atoms with E-state index in [4.69, 9.17) is 27.1 Å². The summed E-state index contributed by atoms with van der Waals surface area (Å²) in [4.78, 5) is 0. The van der Waals surface area contributed by atoms with Crippen LogP contribution in [0.3, 0.4) is 0 Å². The molecule has 0 spiro atoms. The summed E-state index contributed by atoms with van der Waals surface area (Å²) in [5.74, 6) is 0. The van der Waals surface area contributed by atoms with Crippen molar-refractivity contribution in [3.05, 3.63) is 24.3 Å². The molecule has 4 atom stereocenters. The van der Waals surface area contributed by atoms with Crippen LogP contribution < -0.4 is 0 Å². The molecule has 2 aliphatic rings. The molecule has 0 radical (unpaired) electrons. The van der Waals surface area contributed by atoms with Crippen LogP contribution in [0.1, 0.15) is 27.2 Å². The molecule has 0 aromatic carbocycles. The Balaban J connectivity index is 1.88. The second-order valence-electron chi connectivity index (χ2n) is 4.95. The van der Waals surface area contributed by atoms with E-state index in [1.807, 2.05) is 18.2 Å². The van der Waals surface area contributed by atoms with Crippen molar-refractivity contribution >= 4 is 16.4 Å². The zero-order chi connectivity index (χ0) is 16.7. The van der Waals surface area contributed by atoms with Gasteiger partial charge in [0.1, 0.15) is 0 Å². The van der Waals surface area contributed by atoms with Gasteiger partial charge in [-0.2, -0.15) is 0 Å². The smallest absolute Gasteiger partial charge is 0.308 e. The maximum atomic E-state index is 12.3. The molecule has 2 aliphatic heterocycles. The van der Waals surface area contributed by atoms with Crippen molar-refractivity contribution in [2.45, 2.75) is 45.5 Å². The first-order chi connectivity index (χ1) is 11.0. The first-order valence-corrected chi connectivity index (χ1v) is 10.3. The van der Waals surface area contributed by atoms with Crippen molar-refractivity contribution in [1.82, 2.24) is 0 Å². The largest absolute Gasteiger partial charge is 0.475 e. The Kier molecular flexibility index (Phi) is 7.86.